The quantitative estimate of drug-likeness (QED) is 0.434. The van der Waals surface area contributed by atoms with Gasteiger partial charge in [0.15, 0.2) is 5.78 Å². The van der Waals surface area contributed by atoms with Crippen molar-refractivity contribution in [2.45, 2.75) is 18.3 Å². The lowest BCUT2D eigenvalue weighted by Gasteiger charge is -2.40. The highest BCUT2D eigenvalue weighted by molar-refractivity contribution is 6.13. The van der Waals surface area contributed by atoms with Gasteiger partial charge in [-0.15, -0.1) is 0 Å². The standard InChI is InChI=1S/C28H24N2O3/c1-32-25-15-7-9-19(29-25)17-28(18-20-10-8-16-26(30-20)33-2)23-13-5-3-11-21(23)27(31)22-12-4-6-14-24(22)28/h3-16H,17-18H2,1-2H3. The number of aromatic nitrogens is 2. The van der Waals surface area contributed by atoms with Gasteiger partial charge < -0.3 is 9.47 Å². The largest absolute Gasteiger partial charge is 0.481 e. The van der Waals surface area contributed by atoms with Gasteiger partial charge in [-0.2, -0.15) is 0 Å². The topological polar surface area (TPSA) is 61.3 Å². The number of methoxy groups -OCH3 is 2. The van der Waals surface area contributed by atoms with E-state index in [-0.39, 0.29) is 5.78 Å². The van der Waals surface area contributed by atoms with E-state index in [1.165, 1.54) is 0 Å². The number of carbonyl (C=O) groups is 1. The molecular formula is C28H24N2O3. The van der Waals surface area contributed by atoms with Gasteiger partial charge in [0.1, 0.15) is 0 Å². The smallest absolute Gasteiger partial charge is 0.213 e. The lowest BCUT2D eigenvalue weighted by molar-refractivity contribution is 0.102. The number of ether oxygens (including phenoxy) is 2. The number of fused-ring (bicyclic) bond motifs is 2. The number of ketones is 1. The summed E-state index contributed by atoms with van der Waals surface area (Å²) in [6, 6.07) is 27.4. The average Bonchev–Trinajstić information content (AvgIpc) is 2.87. The SMILES string of the molecule is COc1cccc(CC2(Cc3cccc(OC)n3)c3ccccc3C(=O)c3ccccc32)n1. The Kier molecular flexibility index (Phi) is 5.38. The van der Waals surface area contributed by atoms with Gasteiger partial charge in [-0.05, 0) is 23.3 Å². The molecule has 0 radical (unpaired) electrons. The van der Waals surface area contributed by atoms with Crippen LogP contribution in [-0.2, 0) is 18.3 Å². The molecule has 0 saturated carbocycles. The van der Waals surface area contributed by atoms with Gasteiger partial charge in [0.25, 0.3) is 0 Å². The van der Waals surface area contributed by atoms with Gasteiger partial charge in [0.05, 0.1) is 14.2 Å². The van der Waals surface area contributed by atoms with Crippen LogP contribution in [-0.4, -0.2) is 30.0 Å². The Morgan fingerprint density at radius 3 is 1.55 bits per heavy atom. The number of carbonyl (C=O) groups excluding carboxylic acids is 1. The van der Waals surface area contributed by atoms with Crippen LogP contribution in [0.1, 0.15) is 38.4 Å². The van der Waals surface area contributed by atoms with Crippen LogP contribution in [0.2, 0.25) is 0 Å². The van der Waals surface area contributed by atoms with E-state index >= 15 is 0 Å². The number of rotatable bonds is 6. The van der Waals surface area contributed by atoms with Gasteiger partial charge in [-0.3, -0.25) is 4.79 Å². The highest BCUT2D eigenvalue weighted by Gasteiger charge is 2.44. The lowest BCUT2D eigenvalue weighted by atomic mass is 9.62. The second kappa shape index (κ2) is 8.51. The van der Waals surface area contributed by atoms with E-state index in [0.717, 1.165) is 33.6 Å². The maximum Gasteiger partial charge on any atom is 0.213 e. The monoisotopic (exact) mass is 436 g/mol. The molecule has 0 aliphatic heterocycles. The van der Waals surface area contributed by atoms with Crippen molar-refractivity contribution < 1.29 is 14.3 Å². The van der Waals surface area contributed by atoms with Crippen LogP contribution in [0.4, 0.5) is 0 Å². The fraction of sp³-hybridized carbons (Fsp3) is 0.179. The molecule has 1 aliphatic carbocycles. The van der Waals surface area contributed by atoms with Crippen LogP contribution in [0.25, 0.3) is 0 Å². The summed E-state index contributed by atoms with van der Waals surface area (Å²) >= 11 is 0. The Hall–Kier alpha value is -3.99. The maximum absolute atomic E-state index is 13.4. The molecule has 33 heavy (non-hydrogen) atoms. The molecule has 0 unspecified atom stereocenters. The Bertz CT molecular complexity index is 1230. The van der Waals surface area contributed by atoms with Gasteiger partial charge in [0.2, 0.25) is 11.8 Å². The molecule has 0 bridgehead atoms. The molecule has 0 spiro atoms. The molecular weight excluding hydrogens is 412 g/mol. The van der Waals surface area contributed by atoms with E-state index in [0.29, 0.717) is 24.6 Å². The second-order valence-electron chi connectivity index (χ2n) is 8.20. The Labute approximate surface area is 193 Å². The van der Waals surface area contributed by atoms with Crippen molar-refractivity contribution in [3.63, 3.8) is 0 Å². The first kappa shape index (κ1) is 20.9. The molecule has 5 heteroatoms. The Morgan fingerprint density at radius 2 is 1.09 bits per heavy atom. The van der Waals surface area contributed by atoms with Crippen molar-refractivity contribution in [1.82, 2.24) is 9.97 Å². The first-order chi connectivity index (χ1) is 16.1. The second-order valence-corrected chi connectivity index (χ2v) is 8.20. The van der Waals surface area contributed by atoms with Gasteiger partial charge >= 0.3 is 0 Å². The van der Waals surface area contributed by atoms with E-state index in [1.807, 2.05) is 72.8 Å². The summed E-state index contributed by atoms with van der Waals surface area (Å²) in [4.78, 5) is 22.9. The normalized spacial score (nSPS) is 13.7. The van der Waals surface area contributed by atoms with E-state index < -0.39 is 5.41 Å². The molecule has 5 rings (SSSR count). The Morgan fingerprint density at radius 1 is 0.636 bits per heavy atom. The minimum absolute atomic E-state index is 0.0500. The summed E-state index contributed by atoms with van der Waals surface area (Å²) < 4.78 is 10.8. The number of pyridine rings is 2. The van der Waals surface area contributed by atoms with Crippen LogP contribution >= 0.6 is 0 Å². The molecule has 1 aliphatic rings. The molecule has 2 heterocycles. The van der Waals surface area contributed by atoms with E-state index in [4.69, 9.17) is 19.4 Å². The van der Waals surface area contributed by atoms with Crippen molar-refractivity contribution in [2.75, 3.05) is 14.2 Å². The molecule has 0 atom stereocenters. The predicted octanol–water partition coefficient (Wildman–Crippen LogP) is 4.81. The third-order valence-electron chi connectivity index (χ3n) is 6.32. The number of benzene rings is 2. The summed E-state index contributed by atoms with van der Waals surface area (Å²) in [5, 5.41) is 0. The van der Waals surface area contributed by atoms with Crippen LogP contribution in [0, 0.1) is 0 Å². The number of hydrogen-bond acceptors (Lipinski definition) is 5. The van der Waals surface area contributed by atoms with Crippen molar-refractivity contribution in [3.8, 4) is 11.8 Å². The van der Waals surface area contributed by atoms with E-state index in [2.05, 4.69) is 12.1 Å². The molecule has 2 aromatic carbocycles. The maximum atomic E-state index is 13.4. The molecule has 0 saturated heterocycles. The first-order valence-electron chi connectivity index (χ1n) is 10.9. The van der Waals surface area contributed by atoms with Crippen molar-refractivity contribution in [1.29, 1.82) is 0 Å². The van der Waals surface area contributed by atoms with Crippen LogP contribution in [0.5, 0.6) is 11.8 Å². The van der Waals surface area contributed by atoms with E-state index in [9.17, 15) is 4.79 Å². The van der Waals surface area contributed by atoms with Gasteiger partial charge in [0, 0.05) is 52.9 Å². The minimum Gasteiger partial charge on any atom is -0.481 e. The van der Waals surface area contributed by atoms with Gasteiger partial charge in [-0.25, -0.2) is 9.97 Å². The van der Waals surface area contributed by atoms with Crippen molar-refractivity contribution in [3.05, 3.63) is 119 Å². The van der Waals surface area contributed by atoms with Crippen molar-refractivity contribution in [2.24, 2.45) is 0 Å². The average molecular weight is 437 g/mol. The third-order valence-corrected chi connectivity index (χ3v) is 6.32. The molecule has 164 valence electrons. The minimum atomic E-state index is -0.542. The first-order valence-corrected chi connectivity index (χ1v) is 10.9. The molecule has 5 nitrogen and oxygen atoms in total. The fourth-order valence-electron chi connectivity index (χ4n) is 4.89. The fourth-order valence-corrected chi connectivity index (χ4v) is 4.89. The van der Waals surface area contributed by atoms with Crippen LogP contribution in [0.15, 0.2) is 84.9 Å². The van der Waals surface area contributed by atoms with Gasteiger partial charge in [-0.1, -0.05) is 60.7 Å². The molecule has 2 aromatic heterocycles. The Balaban J connectivity index is 1.76. The number of nitrogens with zero attached hydrogens (tertiary/aromatic N) is 2. The van der Waals surface area contributed by atoms with E-state index in [1.54, 1.807) is 14.2 Å². The molecule has 0 amide bonds. The summed E-state index contributed by atoms with van der Waals surface area (Å²) in [6.45, 7) is 0. The van der Waals surface area contributed by atoms with Crippen molar-refractivity contribution >= 4 is 5.78 Å². The predicted molar refractivity (Wildman–Crippen MR) is 126 cm³/mol. The van der Waals surface area contributed by atoms with Crippen LogP contribution < -0.4 is 9.47 Å². The molecule has 0 fully saturated rings. The molecule has 0 N–H and O–H groups in total. The zero-order chi connectivity index (χ0) is 22.8. The zero-order valence-corrected chi connectivity index (χ0v) is 18.6. The summed E-state index contributed by atoms with van der Waals surface area (Å²) in [5.41, 5.74) is 4.65. The molecule has 4 aromatic rings. The summed E-state index contributed by atoms with van der Waals surface area (Å²) in [6.07, 6.45) is 1.18. The zero-order valence-electron chi connectivity index (χ0n) is 18.6. The highest BCUT2D eigenvalue weighted by Crippen LogP contribution is 2.46. The summed E-state index contributed by atoms with van der Waals surface area (Å²) in [7, 11) is 3.23. The lowest BCUT2D eigenvalue weighted by Crippen LogP contribution is -2.40. The third kappa shape index (κ3) is 3.65. The number of hydrogen-bond donors (Lipinski definition) is 0. The summed E-state index contributed by atoms with van der Waals surface area (Å²) in [5.74, 6) is 1.18. The van der Waals surface area contributed by atoms with Crippen LogP contribution in [0.3, 0.4) is 0 Å². The highest BCUT2D eigenvalue weighted by atomic mass is 16.5.